The van der Waals surface area contributed by atoms with Crippen LogP contribution in [0, 0.1) is 35.5 Å². The summed E-state index contributed by atoms with van der Waals surface area (Å²) < 4.78 is 43.9. The molecule has 0 aliphatic carbocycles. The molecule has 0 aromatic carbocycles. The van der Waals surface area contributed by atoms with Gasteiger partial charge in [0.05, 0.1) is 117 Å². The van der Waals surface area contributed by atoms with E-state index in [4.69, 9.17) is 37.9 Å². The average molecular weight is 787 g/mol. The molecule has 0 amide bonds. The molecule has 0 saturated carbocycles. The highest BCUT2D eigenvalue weighted by Crippen LogP contribution is 2.05. The van der Waals surface area contributed by atoms with Crippen molar-refractivity contribution in [2.24, 2.45) is 0 Å². The van der Waals surface area contributed by atoms with Gasteiger partial charge in [-0.25, -0.2) is 19.9 Å². The second-order valence-electron chi connectivity index (χ2n) is 11.9. The number of rotatable bonds is 26. The topological polar surface area (TPSA) is 125 Å². The van der Waals surface area contributed by atoms with Crippen LogP contribution in [0.3, 0.4) is 0 Å². The van der Waals surface area contributed by atoms with Crippen LogP contribution >= 0.6 is 0 Å². The van der Waals surface area contributed by atoms with Crippen LogP contribution < -0.4 is 0 Å². The minimum Gasteiger partial charge on any atom is -0.377 e. The van der Waals surface area contributed by atoms with Crippen molar-refractivity contribution in [3.05, 3.63) is 144 Å². The maximum Gasteiger partial charge on any atom is 0.115 e. The summed E-state index contributed by atoms with van der Waals surface area (Å²) in [6.45, 7) is 14.9. The molecule has 58 heavy (non-hydrogen) atoms. The molecule has 0 aliphatic heterocycles. The SMILES string of the molecule is C=CCOCCOCCOCCOCc1cccc(C#Cc2cccc(C#Cc3cccc(C#Cc4cccc(COCCOCCOCCOCC=C)n4)n3)n2)n1. The fraction of sp³-hybridized carbons (Fsp3) is 0.348. The summed E-state index contributed by atoms with van der Waals surface area (Å²) in [7, 11) is 0. The zero-order valence-corrected chi connectivity index (χ0v) is 32.9. The van der Waals surface area contributed by atoms with E-state index in [1.165, 1.54) is 0 Å². The van der Waals surface area contributed by atoms with Crippen molar-refractivity contribution in [3.8, 4) is 35.5 Å². The summed E-state index contributed by atoms with van der Waals surface area (Å²) in [5.41, 5.74) is 5.05. The maximum absolute atomic E-state index is 5.71. The van der Waals surface area contributed by atoms with Crippen molar-refractivity contribution in [3.63, 3.8) is 0 Å². The molecule has 0 fully saturated rings. The van der Waals surface area contributed by atoms with E-state index in [-0.39, 0.29) is 0 Å². The second-order valence-corrected chi connectivity index (χ2v) is 11.9. The highest BCUT2D eigenvalue weighted by molar-refractivity contribution is 5.43. The molecular weight excluding hydrogens is 737 g/mol. The Hall–Kier alpha value is -5.56. The lowest BCUT2D eigenvalue weighted by Crippen LogP contribution is -2.12. The number of hydrogen-bond donors (Lipinski definition) is 0. The predicted molar refractivity (Wildman–Crippen MR) is 220 cm³/mol. The van der Waals surface area contributed by atoms with Crippen LogP contribution in [0.5, 0.6) is 0 Å². The molecule has 0 bridgehead atoms. The molecular formula is C46H50N4O8. The van der Waals surface area contributed by atoms with Gasteiger partial charge in [-0.3, -0.25) is 0 Å². The van der Waals surface area contributed by atoms with Crippen molar-refractivity contribution in [1.82, 2.24) is 19.9 Å². The van der Waals surface area contributed by atoms with Gasteiger partial charge >= 0.3 is 0 Å². The number of pyridine rings is 4. The van der Waals surface area contributed by atoms with Crippen molar-refractivity contribution in [1.29, 1.82) is 0 Å². The molecule has 0 N–H and O–H groups in total. The van der Waals surface area contributed by atoms with Gasteiger partial charge < -0.3 is 37.9 Å². The Balaban J connectivity index is 1.18. The molecule has 0 aliphatic rings. The van der Waals surface area contributed by atoms with Gasteiger partial charge in [-0.05, 0) is 84.1 Å². The van der Waals surface area contributed by atoms with E-state index < -0.39 is 0 Å². The molecule has 4 rings (SSSR count). The Morgan fingerprint density at radius 2 is 0.603 bits per heavy atom. The minimum absolute atomic E-state index is 0.350. The molecule has 0 radical (unpaired) electrons. The lowest BCUT2D eigenvalue weighted by molar-refractivity contribution is -0.00199. The predicted octanol–water partition coefficient (Wildman–Crippen LogP) is 4.97. The molecule has 0 saturated heterocycles. The van der Waals surface area contributed by atoms with Gasteiger partial charge in [0.2, 0.25) is 0 Å². The molecule has 0 unspecified atom stereocenters. The van der Waals surface area contributed by atoms with Gasteiger partial charge in [0.1, 0.15) is 34.2 Å². The Kier molecular flexibility index (Phi) is 23.1. The van der Waals surface area contributed by atoms with Crippen LogP contribution in [0.1, 0.15) is 45.6 Å². The zero-order chi connectivity index (χ0) is 40.6. The summed E-state index contributed by atoms with van der Waals surface area (Å²) >= 11 is 0. The van der Waals surface area contributed by atoms with Crippen LogP contribution in [0.2, 0.25) is 0 Å². The molecule has 4 aromatic rings. The van der Waals surface area contributed by atoms with E-state index in [1.54, 1.807) is 12.2 Å². The molecule has 4 aromatic heterocycles. The van der Waals surface area contributed by atoms with Gasteiger partial charge in [-0.15, -0.1) is 13.2 Å². The first-order valence-electron chi connectivity index (χ1n) is 19.0. The van der Waals surface area contributed by atoms with E-state index in [2.05, 4.69) is 68.6 Å². The van der Waals surface area contributed by atoms with Crippen LogP contribution in [-0.2, 0) is 51.1 Å². The fourth-order valence-electron chi connectivity index (χ4n) is 4.59. The Morgan fingerprint density at radius 1 is 0.345 bits per heavy atom. The van der Waals surface area contributed by atoms with Crippen molar-refractivity contribution >= 4 is 0 Å². The molecule has 0 atom stereocenters. The largest absolute Gasteiger partial charge is 0.377 e. The first kappa shape index (κ1) is 45.1. The summed E-state index contributed by atoms with van der Waals surface area (Å²) in [5, 5.41) is 0. The maximum atomic E-state index is 5.71. The molecule has 12 nitrogen and oxygen atoms in total. The number of nitrogens with zero attached hydrogens (tertiary/aromatic N) is 4. The average Bonchev–Trinajstić information content (AvgIpc) is 3.25. The lowest BCUT2D eigenvalue weighted by atomic mass is 10.2. The third kappa shape index (κ3) is 20.6. The van der Waals surface area contributed by atoms with E-state index >= 15 is 0 Å². The van der Waals surface area contributed by atoms with Crippen LogP contribution in [-0.4, -0.2) is 112 Å². The van der Waals surface area contributed by atoms with Crippen molar-refractivity contribution in [2.75, 3.05) is 92.5 Å². The number of ether oxygens (including phenoxy) is 8. The third-order valence-electron chi connectivity index (χ3n) is 7.27. The first-order valence-corrected chi connectivity index (χ1v) is 19.0. The van der Waals surface area contributed by atoms with Gasteiger partial charge in [0.25, 0.3) is 0 Å². The number of hydrogen-bond acceptors (Lipinski definition) is 12. The standard InChI is InChI=1S/C46H50N4O8/c1-3-23-51-25-27-53-29-31-55-33-35-57-37-45-15-7-13-43(49-45)21-19-41-11-5-9-39(47-41)17-18-40-10-6-12-42(48-40)20-22-44-14-8-16-46(50-44)38-58-36-34-56-32-30-54-28-26-52-24-4-2/h3-16H,1-2,23-38H2. The van der Waals surface area contributed by atoms with E-state index in [9.17, 15) is 0 Å². The summed E-state index contributed by atoms with van der Waals surface area (Å²) in [5.74, 6) is 18.5. The minimum atomic E-state index is 0.350. The van der Waals surface area contributed by atoms with Crippen LogP contribution in [0.4, 0.5) is 0 Å². The second kappa shape index (κ2) is 29.6. The van der Waals surface area contributed by atoms with E-state index in [0.29, 0.717) is 140 Å². The zero-order valence-electron chi connectivity index (χ0n) is 32.9. The third-order valence-corrected chi connectivity index (χ3v) is 7.27. The van der Waals surface area contributed by atoms with E-state index in [0.717, 1.165) is 11.4 Å². The highest BCUT2D eigenvalue weighted by atomic mass is 16.6. The molecule has 4 heterocycles. The Bertz CT molecular complexity index is 1870. The number of aromatic nitrogens is 4. The summed E-state index contributed by atoms with van der Waals surface area (Å²) in [6, 6.07) is 22.3. The van der Waals surface area contributed by atoms with Gasteiger partial charge in [-0.1, -0.05) is 36.4 Å². The Morgan fingerprint density at radius 3 is 0.914 bits per heavy atom. The smallest absolute Gasteiger partial charge is 0.115 e. The molecule has 12 heteroatoms. The fourth-order valence-corrected chi connectivity index (χ4v) is 4.59. The Labute approximate surface area is 341 Å². The van der Waals surface area contributed by atoms with Crippen LogP contribution in [0.25, 0.3) is 0 Å². The normalized spacial score (nSPS) is 10.4. The highest BCUT2D eigenvalue weighted by Gasteiger charge is 2.01. The summed E-state index contributed by atoms with van der Waals surface area (Å²) in [4.78, 5) is 18.3. The first-order chi connectivity index (χ1) is 28.7. The van der Waals surface area contributed by atoms with Gasteiger partial charge in [0.15, 0.2) is 0 Å². The van der Waals surface area contributed by atoms with Crippen molar-refractivity contribution in [2.45, 2.75) is 13.2 Å². The van der Waals surface area contributed by atoms with Gasteiger partial charge in [-0.2, -0.15) is 0 Å². The monoisotopic (exact) mass is 786 g/mol. The summed E-state index contributed by atoms with van der Waals surface area (Å²) in [6.07, 6.45) is 3.41. The molecule has 0 spiro atoms. The molecule has 302 valence electrons. The lowest BCUT2D eigenvalue weighted by Gasteiger charge is -2.07. The van der Waals surface area contributed by atoms with Crippen molar-refractivity contribution < 1.29 is 37.9 Å². The van der Waals surface area contributed by atoms with Gasteiger partial charge in [0, 0.05) is 0 Å². The quantitative estimate of drug-likeness (QED) is 0.0485. The van der Waals surface area contributed by atoms with Crippen LogP contribution in [0.15, 0.2) is 98.1 Å². The van der Waals surface area contributed by atoms with E-state index in [1.807, 2.05) is 72.8 Å².